The summed E-state index contributed by atoms with van der Waals surface area (Å²) in [5.74, 6) is 0.0787. The molecule has 0 saturated heterocycles. The van der Waals surface area contributed by atoms with Crippen LogP contribution in [0.4, 0.5) is 0 Å². The van der Waals surface area contributed by atoms with Crippen molar-refractivity contribution in [3.8, 4) is 0 Å². The van der Waals surface area contributed by atoms with Crippen LogP contribution in [0.5, 0.6) is 0 Å². The largest absolute Gasteiger partial charge is 0.466 e. The van der Waals surface area contributed by atoms with Crippen LogP contribution < -0.4 is 5.32 Å². The number of thioether (sulfide) groups is 1. The van der Waals surface area contributed by atoms with Crippen LogP contribution in [0.25, 0.3) is 0 Å². The number of hydrogen-bond donors (Lipinski definition) is 1. The number of dihydropyridines is 1. The van der Waals surface area contributed by atoms with Crippen LogP contribution in [0.15, 0.2) is 63.8 Å². The van der Waals surface area contributed by atoms with Crippen molar-refractivity contribution in [2.75, 3.05) is 7.11 Å². The van der Waals surface area contributed by atoms with Gasteiger partial charge in [-0.25, -0.2) is 4.79 Å². The minimum absolute atomic E-state index is 0.111. The summed E-state index contributed by atoms with van der Waals surface area (Å²) in [4.78, 5) is 27.1. The second-order valence-corrected chi connectivity index (χ2v) is 10.1. The van der Waals surface area contributed by atoms with Gasteiger partial charge in [0.1, 0.15) is 0 Å². The molecule has 0 saturated carbocycles. The molecule has 1 N–H and O–H groups in total. The Labute approximate surface area is 204 Å². The number of methoxy groups -OCH3 is 1. The summed E-state index contributed by atoms with van der Waals surface area (Å²) >= 11 is 7.76. The lowest BCUT2D eigenvalue weighted by Crippen LogP contribution is -2.34. The SMILES string of the molecule is COC(=O)C1=C(C)NC2=C(C(=O)CCC2)[C@@H]1c1cc(CSc2ccc(Cl)cc2)c(C)cc1C. The van der Waals surface area contributed by atoms with Gasteiger partial charge in [-0.15, -0.1) is 11.8 Å². The van der Waals surface area contributed by atoms with Gasteiger partial charge < -0.3 is 10.1 Å². The summed E-state index contributed by atoms with van der Waals surface area (Å²) in [5, 5.41) is 4.05. The highest BCUT2D eigenvalue weighted by Crippen LogP contribution is 2.44. The Bertz CT molecular complexity index is 1180. The molecule has 33 heavy (non-hydrogen) atoms. The first kappa shape index (κ1) is 23.7. The molecule has 1 heterocycles. The maximum atomic E-state index is 13.1. The predicted octanol–water partition coefficient (Wildman–Crippen LogP) is 6.39. The van der Waals surface area contributed by atoms with Crippen molar-refractivity contribution in [1.29, 1.82) is 0 Å². The van der Waals surface area contributed by atoms with Crippen LogP contribution in [-0.4, -0.2) is 18.9 Å². The van der Waals surface area contributed by atoms with E-state index in [9.17, 15) is 9.59 Å². The van der Waals surface area contributed by atoms with E-state index >= 15 is 0 Å². The smallest absolute Gasteiger partial charge is 0.336 e. The van der Waals surface area contributed by atoms with Crippen LogP contribution in [0.1, 0.15) is 54.4 Å². The zero-order valence-electron chi connectivity index (χ0n) is 19.4. The molecule has 1 atom stereocenters. The van der Waals surface area contributed by atoms with Crippen molar-refractivity contribution in [2.45, 2.75) is 56.6 Å². The van der Waals surface area contributed by atoms with Gasteiger partial charge in [-0.1, -0.05) is 23.7 Å². The molecule has 1 aliphatic heterocycles. The molecule has 0 amide bonds. The fourth-order valence-corrected chi connectivity index (χ4v) is 5.84. The van der Waals surface area contributed by atoms with Gasteiger partial charge in [0.05, 0.1) is 12.7 Å². The number of hydrogen-bond acceptors (Lipinski definition) is 5. The van der Waals surface area contributed by atoms with Crippen molar-refractivity contribution >= 4 is 35.1 Å². The molecule has 2 aliphatic rings. The predicted molar refractivity (Wildman–Crippen MR) is 133 cm³/mol. The van der Waals surface area contributed by atoms with E-state index in [0.29, 0.717) is 12.0 Å². The van der Waals surface area contributed by atoms with Gasteiger partial charge >= 0.3 is 5.97 Å². The number of esters is 1. The van der Waals surface area contributed by atoms with Crippen LogP contribution in [-0.2, 0) is 20.1 Å². The lowest BCUT2D eigenvalue weighted by atomic mass is 9.73. The second kappa shape index (κ2) is 9.78. The maximum absolute atomic E-state index is 13.1. The van der Waals surface area contributed by atoms with Gasteiger partial charge in [-0.2, -0.15) is 0 Å². The highest BCUT2D eigenvalue weighted by atomic mass is 35.5. The minimum atomic E-state index is -0.415. The molecular formula is C27H28ClNO3S. The molecule has 6 heteroatoms. The monoisotopic (exact) mass is 481 g/mol. The zero-order chi connectivity index (χ0) is 23.7. The first-order valence-corrected chi connectivity index (χ1v) is 12.5. The van der Waals surface area contributed by atoms with Gasteiger partial charge in [0, 0.05) is 45.0 Å². The Morgan fingerprint density at radius 2 is 1.85 bits per heavy atom. The van der Waals surface area contributed by atoms with E-state index in [1.165, 1.54) is 18.2 Å². The number of nitrogens with one attached hydrogen (secondary N) is 1. The van der Waals surface area contributed by atoms with Gasteiger partial charge in [-0.3, -0.25) is 4.79 Å². The minimum Gasteiger partial charge on any atom is -0.466 e. The maximum Gasteiger partial charge on any atom is 0.336 e. The van der Waals surface area contributed by atoms with Crippen LogP contribution >= 0.6 is 23.4 Å². The summed E-state index contributed by atoms with van der Waals surface area (Å²) in [6.45, 7) is 6.05. The molecule has 0 unspecified atom stereocenters. The number of ketones is 1. The summed E-state index contributed by atoms with van der Waals surface area (Å²) in [6.07, 6.45) is 2.15. The van der Waals surface area contributed by atoms with E-state index in [2.05, 4.69) is 31.3 Å². The molecule has 172 valence electrons. The molecule has 0 bridgehead atoms. The van der Waals surface area contributed by atoms with E-state index in [4.69, 9.17) is 16.3 Å². The first-order chi connectivity index (χ1) is 15.8. The van der Waals surface area contributed by atoms with Crippen molar-refractivity contribution < 1.29 is 14.3 Å². The number of Topliss-reactive ketones (excluding diaryl/α,β-unsaturated/α-hetero) is 1. The van der Waals surface area contributed by atoms with Gasteiger partial charge in [0.25, 0.3) is 0 Å². The summed E-state index contributed by atoms with van der Waals surface area (Å²) < 4.78 is 5.15. The number of rotatable bonds is 5. The Morgan fingerprint density at radius 3 is 2.55 bits per heavy atom. The Morgan fingerprint density at radius 1 is 1.12 bits per heavy atom. The Balaban J connectivity index is 1.78. The normalized spacial score (nSPS) is 18.2. The topological polar surface area (TPSA) is 55.4 Å². The highest BCUT2D eigenvalue weighted by Gasteiger charge is 2.39. The number of carbonyl (C=O) groups is 2. The van der Waals surface area contributed by atoms with E-state index in [1.807, 2.05) is 31.2 Å². The third kappa shape index (κ3) is 4.75. The molecule has 2 aromatic rings. The molecule has 1 aliphatic carbocycles. The second-order valence-electron chi connectivity index (χ2n) is 8.64. The molecule has 0 fully saturated rings. The van der Waals surface area contributed by atoms with Gasteiger partial charge in [-0.05, 0) is 80.1 Å². The van der Waals surface area contributed by atoms with Gasteiger partial charge in [0.2, 0.25) is 0 Å². The number of aryl methyl sites for hydroxylation is 2. The number of halogens is 1. The molecule has 2 aromatic carbocycles. The summed E-state index contributed by atoms with van der Waals surface area (Å²) in [6, 6.07) is 12.2. The lowest BCUT2D eigenvalue weighted by molar-refractivity contribution is -0.136. The van der Waals surface area contributed by atoms with E-state index in [0.717, 1.165) is 56.6 Å². The fourth-order valence-electron chi connectivity index (χ4n) is 4.75. The molecule has 0 radical (unpaired) electrons. The van der Waals surface area contributed by atoms with E-state index in [-0.39, 0.29) is 5.78 Å². The number of carbonyl (C=O) groups excluding carboxylic acids is 2. The Hall–Kier alpha value is -2.50. The molecule has 0 spiro atoms. The van der Waals surface area contributed by atoms with Crippen molar-refractivity contribution in [3.63, 3.8) is 0 Å². The molecule has 4 nitrogen and oxygen atoms in total. The van der Waals surface area contributed by atoms with E-state index in [1.54, 1.807) is 11.8 Å². The lowest BCUT2D eigenvalue weighted by Gasteiger charge is -2.35. The number of ether oxygens (including phenoxy) is 1. The van der Waals surface area contributed by atoms with Crippen molar-refractivity contribution in [2.24, 2.45) is 0 Å². The average molecular weight is 482 g/mol. The zero-order valence-corrected chi connectivity index (χ0v) is 21.0. The van der Waals surface area contributed by atoms with E-state index < -0.39 is 11.9 Å². The quantitative estimate of drug-likeness (QED) is 0.396. The standard InChI is InChI=1S/C27H28ClNO3S/c1-15-12-16(2)21(13-18(15)14-33-20-10-8-19(28)9-11-20)25-24(27(31)32-4)17(3)29-22-6-5-7-23(30)26(22)25/h8-13,25,29H,5-7,14H2,1-4H3/t25-/m1/s1. The third-order valence-electron chi connectivity index (χ3n) is 6.42. The number of allylic oxidation sites excluding steroid dienone is 3. The molecule has 0 aromatic heterocycles. The van der Waals surface area contributed by atoms with Crippen LogP contribution in [0, 0.1) is 13.8 Å². The summed E-state index contributed by atoms with van der Waals surface area (Å²) in [5.41, 5.74) is 7.38. The van der Waals surface area contributed by atoms with Crippen molar-refractivity contribution in [1.82, 2.24) is 5.32 Å². The molecular weight excluding hydrogens is 454 g/mol. The number of benzene rings is 2. The third-order valence-corrected chi connectivity index (χ3v) is 7.74. The Kier molecular flexibility index (Phi) is 7.01. The van der Waals surface area contributed by atoms with Crippen molar-refractivity contribution in [3.05, 3.63) is 86.2 Å². The molecule has 4 rings (SSSR count). The van der Waals surface area contributed by atoms with Crippen LogP contribution in [0.2, 0.25) is 5.02 Å². The highest BCUT2D eigenvalue weighted by molar-refractivity contribution is 7.98. The summed E-state index contributed by atoms with van der Waals surface area (Å²) in [7, 11) is 1.39. The average Bonchev–Trinajstić information content (AvgIpc) is 2.78. The van der Waals surface area contributed by atoms with Gasteiger partial charge in [0.15, 0.2) is 5.78 Å². The first-order valence-electron chi connectivity index (χ1n) is 11.1. The van der Waals surface area contributed by atoms with Crippen LogP contribution in [0.3, 0.4) is 0 Å². The fraction of sp³-hybridized carbons (Fsp3) is 0.333.